The number of alkyl halides is 2. The number of halogens is 2. The largest absolute Gasteiger partial charge is 0.480 e. The molecule has 0 radical (unpaired) electrons. The van der Waals surface area contributed by atoms with Crippen LogP contribution >= 0.6 is 11.3 Å². The molecule has 7 nitrogen and oxygen atoms in total. The van der Waals surface area contributed by atoms with Gasteiger partial charge in [0.2, 0.25) is 10.0 Å². The third kappa shape index (κ3) is 4.73. The number of hydrogen-bond donors (Lipinski definition) is 1. The highest BCUT2D eigenvalue weighted by atomic mass is 32.2. The van der Waals surface area contributed by atoms with Crippen LogP contribution in [-0.4, -0.2) is 48.0 Å². The Morgan fingerprint density at radius 3 is 2.34 bits per heavy atom. The van der Waals surface area contributed by atoms with Crippen LogP contribution in [0.4, 0.5) is 8.78 Å². The lowest BCUT2D eigenvalue weighted by molar-refractivity contribution is -0.226. The third-order valence-electron chi connectivity index (χ3n) is 6.19. The van der Waals surface area contributed by atoms with Gasteiger partial charge in [0.25, 0.3) is 0 Å². The van der Waals surface area contributed by atoms with Crippen molar-refractivity contribution in [2.24, 2.45) is 0 Å². The summed E-state index contributed by atoms with van der Waals surface area (Å²) in [5, 5.41) is 10.5. The number of thiazole rings is 1. The van der Waals surface area contributed by atoms with Crippen LogP contribution in [0.25, 0.3) is 10.4 Å². The topological polar surface area (TPSA) is 96.8 Å². The first-order valence-electron chi connectivity index (χ1n) is 10.8. The maximum atomic E-state index is 13.7. The summed E-state index contributed by atoms with van der Waals surface area (Å²) in [5.74, 6) is -1.40. The molecule has 35 heavy (non-hydrogen) atoms. The van der Waals surface area contributed by atoms with E-state index in [0.717, 1.165) is 25.4 Å². The quantitative estimate of drug-likeness (QED) is 0.434. The number of rotatable bonds is 9. The lowest BCUT2D eigenvalue weighted by Crippen LogP contribution is -2.64. The zero-order valence-corrected chi connectivity index (χ0v) is 20.7. The lowest BCUT2D eigenvalue weighted by Gasteiger charge is -2.54. The molecule has 2 atom stereocenters. The Labute approximate surface area is 206 Å². The molecule has 1 saturated carbocycles. The second kappa shape index (κ2) is 9.73. The van der Waals surface area contributed by atoms with Crippen LogP contribution in [0.1, 0.15) is 29.1 Å². The van der Waals surface area contributed by atoms with Crippen LogP contribution < -0.4 is 0 Å². The number of nitrogens with zero attached hydrogens (tertiary/aromatic N) is 2. The van der Waals surface area contributed by atoms with Crippen LogP contribution in [0, 0.1) is 13.8 Å². The first kappa shape index (κ1) is 25.4. The van der Waals surface area contributed by atoms with E-state index in [1.165, 1.54) is 35.6 Å². The summed E-state index contributed by atoms with van der Waals surface area (Å²) in [6.07, 6.45) is -0.944. The number of benzene rings is 2. The molecule has 0 saturated heterocycles. The number of ether oxygens (including phenoxy) is 1. The Balaban J connectivity index is 1.85. The van der Waals surface area contributed by atoms with Crippen molar-refractivity contribution in [2.45, 2.75) is 49.8 Å². The zero-order chi connectivity index (χ0) is 25.4. The predicted octanol–water partition coefficient (Wildman–Crippen LogP) is 4.80. The van der Waals surface area contributed by atoms with E-state index in [-0.39, 0.29) is 17.7 Å². The van der Waals surface area contributed by atoms with Gasteiger partial charge >= 0.3 is 12.6 Å². The average molecular weight is 523 g/mol. The predicted molar refractivity (Wildman–Crippen MR) is 127 cm³/mol. The number of carbonyl (C=O) groups is 1. The second-order valence-electron chi connectivity index (χ2n) is 8.29. The average Bonchev–Trinajstić information content (AvgIpc) is 3.15. The van der Waals surface area contributed by atoms with Gasteiger partial charge < -0.3 is 9.84 Å². The third-order valence-corrected chi connectivity index (χ3v) is 9.22. The molecular weight excluding hydrogens is 498 g/mol. The number of aryl methyl sites for hydroxylation is 2. The minimum absolute atomic E-state index is 0.127. The van der Waals surface area contributed by atoms with E-state index in [9.17, 15) is 27.1 Å². The van der Waals surface area contributed by atoms with Gasteiger partial charge in [0, 0.05) is 0 Å². The monoisotopic (exact) mass is 522 g/mol. The molecule has 1 N–H and O–H groups in total. The van der Waals surface area contributed by atoms with Gasteiger partial charge in [-0.1, -0.05) is 42.5 Å². The van der Waals surface area contributed by atoms with Gasteiger partial charge in [-0.05, 0) is 49.9 Å². The summed E-state index contributed by atoms with van der Waals surface area (Å²) in [6, 6.07) is 14.2. The summed E-state index contributed by atoms with van der Waals surface area (Å²) in [5.41, 5.74) is 0.462. The number of aromatic nitrogens is 1. The first-order valence-corrected chi connectivity index (χ1v) is 13.1. The first-order chi connectivity index (χ1) is 16.6. The van der Waals surface area contributed by atoms with Crippen molar-refractivity contribution >= 4 is 27.3 Å². The molecule has 1 aromatic heterocycles. The number of hydrogen-bond acceptors (Lipinski definition) is 6. The second-order valence-corrected chi connectivity index (χ2v) is 11.4. The summed E-state index contributed by atoms with van der Waals surface area (Å²) in [4.78, 5) is 17.0. The van der Waals surface area contributed by atoms with E-state index in [2.05, 4.69) is 4.98 Å². The SMILES string of the molecule is Cc1nc(C)c(-c2ccc(C3(N(CC(=O)O)S(=O)(=O)c4ccccc4)CCC3OC(F)F)cc2)s1. The summed E-state index contributed by atoms with van der Waals surface area (Å²) in [7, 11) is -4.38. The standard InChI is InChI=1S/C24H24F2N2O5S2/c1-15-22(34-16(2)27-15)17-8-10-18(11-9-17)24(13-12-20(24)33-23(25)26)28(14-21(29)30)35(31,32)19-6-4-3-5-7-19/h3-11,20,23H,12-14H2,1-2H3,(H,29,30). The molecule has 1 heterocycles. The minimum atomic E-state index is -4.38. The normalized spacial score (nSPS) is 20.2. The molecule has 186 valence electrons. The molecule has 4 rings (SSSR count). The van der Waals surface area contributed by atoms with E-state index in [1.807, 2.05) is 13.8 Å². The highest BCUT2D eigenvalue weighted by molar-refractivity contribution is 7.89. The van der Waals surface area contributed by atoms with Gasteiger partial charge in [-0.15, -0.1) is 11.3 Å². The zero-order valence-electron chi connectivity index (χ0n) is 19.0. The van der Waals surface area contributed by atoms with Gasteiger partial charge in [-0.25, -0.2) is 13.4 Å². The number of aliphatic carboxylic acids is 1. The van der Waals surface area contributed by atoms with E-state index in [0.29, 0.717) is 5.56 Å². The Hall–Kier alpha value is -2.73. The summed E-state index contributed by atoms with van der Waals surface area (Å²) < 4.78 is 59.6. The van der Waals surface area contributed by atoms with Crippen molar-refractivity contribution in [2.75, 3.05) is 6.54 Å². The highest BCUT2D eigenvalue weighted by Crippen LogP contribution is 2.51. The van der Waals surface area contributed by atoms with Crippen molar-refractivity contribution in [3.8, 4) is 10.4 Å². The van der Waals surface area contributed by atoms with Crippen LogP contribution in [0.5, 0.6) is 0 Å². The molecular formula is C24H24F2N2O5S2. The molecule has 11 heteroatoms. The maximum Gasteiger partial charge on any atom is 0.345 e. The molecule has 0 bridgehead atoms. The van der Waals surface area contributed by atoms with Gasteiger partial charge in [-0.3, -0.25) is 4.79 Å². The van der Waals surface area contributed by atoms with E-state index >= 15 is 0 Å². The van der Waals surface area contributed by atoms with Gasteiger partial charge in [0.15, 0.2) is 0 Å². The van der Waals surface area contributed by atoms with Crippen molar-refractivity contribution in [1.29, 1.82) is 0 Å². The molecule has 1 fully saturated rings. The minimum Gasteiger partial charge on any atom is -0.480 e. The maximum absolute atomic E-state index is 13.7. The Morgan fingerprint density at radius 2 is 1.86 bits per heavy atom. The number of carboxylic acids is 1. The Morgan fingerprint density at radius 1 is 1.20 bits per heavy atom. The van der Waals surface area contributed by atoms with Crippen molar-refractivity contribution in [1.82, 2.24) is 9.29 Å². The van der Waals surface area contributed by atoms with Gasteiger partial charge in [0.05, 0.1) is 32.1 Å². The molecule has 2 unspecified atom stereocenters. The summed E-state index contributed by atoms with van der Waals surface area (Å²) in [6.45, 7) is -0.278. The van der Waals surface area contributed by atoms with Crippen LogP contribution in [-0.2, 0) is 25.1 Å². The molecule has 0 amide bonds. The smallest absolute Gasteiger partial charge is 0.345 e. The molecule has 1 aliphatic rings. The number of sulfonamides is 1. The van der Waals surface area contributed by atoms with Crippen LogP contribution in [0.2, 0.25) is 0 Å². The van der Waals surface area contributed by atoms with Crippen LogP contribution in [0.3, 0.4) is 0 Å². The molecule has 2 aromatic carbocycles. The number of carboxylic acid groups (broad SMARTS) is 1. The van der Waals surface area contributed by atoms with Gasteiger partial charge in [0.1, 0.15) is 6.54 Å². The fraction of sp³-hybridized carbons (Fsp3) is 0.333. The van der Waals surface area contributed by atoms with Crippen molar-refractivity contribution < 1.29 is 31.8 Å². The van der Waals surface area contributed by atoms with E-state index < -0.39 is 40.8 Å². The fourth-order valence-corrected chi connectivity index (χ4v) is 7.30. The van der Waals surface area contributed by atoms with Crippen molar-refractivity contribution in [3.63, 3.8) is 0 Å². The highest BCUT2D eigenvalue weighted by Gasteiger charge is 2.58. The van der Waals surface area contributed by atoms with E-state index in [4.69, 9.17) is 4.74 Å². The molecule has 3 aromatic rings. The van der Waals surface area contributed by atoms with E-state index in [1.54, 1.807) is 30.3 Å². The molecule has 0 spiro atoms. The summed E-state index contributed by atoms with van der Waals surface area (Å²) >= 11 is 1.51. The Kier molecular flexibility index (Phi) is 7.05. The fourth-order valence-electron chi connectivity index (χ4n) is 4.59. The molecule has 0 aliphatic heterocycles. The van der Waals surface area contributed by atoms with Crippen molar-refractivity contribution in [3.05, 3.63) is 70.9 Å². The van der Waals surface area contributed by atoms with Gasteiger partial charge in [-0.2, -0.15) is 13.1 Å². The molecule has 1 aliphatic carbocycles. The Bertz CT molecular complexity index is 1310. The van der Waals surface area contributed by atoms with Crippen LogP contribution in [0.15, 0.2) is 59.5 Å². The lowest BCUT2D eigenvalue weighted by atomic mass is 9.68.